The molecule has 0 unspecified atom stereocenters. The first-order valence-corrected chi connectivity index (χ1v) is 10.2. The van der Waals surface area contributed by atoms with Crippen molar-refractivity contribution in [1.82, 2.24) is 10.2 Å². The molecule has 0 aliphatic carbocycles. The lowest BCUT2D eigenvalue weighted by Crippen LogP contribution is -2.56. The third-order valence-corrected chi connectivity index (χ3v) is 5.70. The molecule has 0 saturated carbocycles. The van der Waals surface area contributed by atoms with Crippen LogP contribution in [-0.4, -0.2) is 46.8 Å². The van der Waals surface area contributed by atoms with Crippen LogP contribution in [0.4, 0.5) is 5.69 Å². The summed E-state index contributed by atoms with van der Waals surface area (Å²) in [6.45, 7) is 5.82. The Morgan fingerprint density at radius 3 is 2.85 bits per heavy atom. The summed E-state index contributed by atoms with van der Waals surface area (Å²) in [5.74, 6) is -0.113. The minimum Gasteiger partial charge on any atom is -0.371 e. The summed E-state index contributed by atoms with van der Waals surface area (Å²) in [4.78, 5) is 29.0. The van der Waals surface area contributed by atoms with Gasteiger partial charge in [-0.15, -0.1) is 11.6 Å². The molecular weight excluding hydrogens is 382 g/mol. The predicted molar refractivity (Wildman–Crippen MR) is 113 cm³/mol. The van der Waals surface area contributed by atoms with Gasteiger partial charge in [-0.1, -0.05) is 13.0 Å². The maximum atomic E-state index is 12.8. The Morgan fingerprint density at radius 2 is 2.15 bits per heavy atom. The van der Waals surface area contributed by atoms with Crippen LogP contribution in [0.3, 0.4) is 0 Å². The first kappa shape index (κ1) is 19.8. The molecule has 0 radical (unpaired) electrons. The van der Waals surface area contributed by atoms with Crippen LogP contribution < -0.4 is 10.2 Å². The van der Waals surface area contributed by atoms with E-state index in [1.54, 1.807) is 6.08 Å². The highest BCUT2D eigenvalue weighted by Crippen LogP contribution is 2.30. The number of thiocarbonyl (C=S) groups is 1. The number of nitrogens with one attached hydrogen (secondary N) is 1. The van der Waals surface area contributed by atoms with Crippen LogP contribution >= 0.6 is 23.8 Å². The first-order chi connectivity index (χ1) is 13.0. The van der Waals surface area contributed by atoms with E-state index in [-0.39, 0.29) is 22.6 Å². The van der Waals surface area contributed by atoms with E-state index in [9.17, 15) is 9.59 Å². The van der Waals surface area contributed by atoms with Gasteiger partial charge in [0.15, 0.2) is 5.11 Å². The number of fused-ring (bicyclic) bond motifs is 1. The Balaban J connectivity index is 1.86. The quantitative estimate of drug-likeness (QED) is 0.342. The van der Waals surface area contributed by atoms with Gasteiger partial charge in [-0.05, 0) is 67.7 Å². The maximum absolute atomic E-state index is 12.8. The fourth-order valence-electron chi connectivity index (χ4n) is 3.48. The SMILES string of the molecule is CC[C@H](C)N1C(=O)/C(=C/c2ccc3c(c2)CCN3CCCCl)C(=O)NC1=S. The van der Waals surface area contributed by atoms with E-state index in [2.05, 4.69) is 22.3 Å². The fraction of sp³-hybridized carbons (Fsp3) is 0.450. The lowest BCUT2D eigenvalue weighted by molar-refractivity contribution is -0.130. The minimum absolute atomic E-state index is 0.0653. The Kier molecular flexibility index (Phi) is 6.17. The Morgan fingerprint density at radius 1 is 1.37 bits per heavy atom. The summed E-state index contributed by atoms with van der Waals surface area (Å²) in [6, 6.07) is 6.01. The summed E-state index contributed by atoms with van der Waals surface area (Å²) in [6.07, 6.45) is 4.33. The van der Waals surface area contributed by atoms with E-state index in [4.69, 9.17) is 23.8 Å². The molecule has 0 spiro atoms. The lowest BCUT2D eigenvalue weighted by Gasteiger charge is -2.33. The minimum atomic E-state index is -0.436. The summed E-state index contributed by atoms with van der Waals surface area (Å²) in [7, 11) is 0. The lowest BCUT2D eigenvalue weighted by atomic mass is 10.0. The normalized spacial score (nSPS) is 19.5. The van der Waals surface area contributed by atoms with Crippen molar-refractivity contribution in [2.24, 2.45) is 0 Å². The van der Waals surface area contributed by atoms with Gasteiger partial charge in [0, 0.05) is 30.7 Å². The standard InChI is InChI=1S/C20H24ClN3O2S/c1-3-13(2)24-19(26)16(18(25)22-20(24)27)12-14-5-6-17-15(11-14)7-10-23(17)9-4-8-21/h5-6,11-13H,3-4,7-10H2,1-2H3,(H,22,25,27)/b16-12+/t13-/m0/s1. The van der Waals surface area contributed by atoms with Crippen LogP contribution in [0.1, 0.15) is 37.8 Å². The van der Waals surface area contributed by atoms with Crippen molar-refractivity contribution in [2.75, 3.05) is 23.9 Å². The highest BCUT2D eigenvalue weighted by molar-refractivity contribution is 7.80. The van der Waals surface area contributed by atoms with Crippen molar-refractivity contribution in [3.8, 4) is 0 Å². The zero-order chi connectivity index (χ0) is 19.6. The van der Waals surface area contributed by atoms with E-state index in [1.807, 2.05) is 19.9 Å². The average Bonchev–Trinajstić information content (AvgIpc) is 3.05. The molecular formula is C20H24ClN3O2S. The molecule has 3 rings (SSSR count). The summed E-state index contributed by atoms with van der Waals surface area (Å²) < 4.78 is 0. The van der Waals surface area contributed by atoms with Crippen LogP contribution in [0.15, 0.2) is 23.8 Å². The molecule has 5 nitrogen and oxygen atoms in total. The van der Waals surface area contributed by atoms with E-state index in [0.717, 1.165) is 37.9 Å². The van der Waals surface area contributed by atoms with Crippen LogP contribution in [0.2, 0.25) is 0 Å². The fourth-order valence-corrected chi connectivity index (χ4v) is 3.96. The van der Waals surface area contributed by atoms with Gasteiger partial charge in [0.25, 0.3) is 11.8 Å². The number of benzene rings is 1. The van der Waals surface area contributed by atoms with Crippen LogP contribution in [0.5, 0.6) is 0 Å². The molecule has 2 aliphatic heterocycles. The van der Waals surface area contributed by atoms with Gasteiger partial charge in [0.2, 0.25) is 0 Å². The molecule has 1 aromatic carbocycles. The highest BCUT2D eigenvalue weighted by Gasteiger charge is 2.35. The molecule has 1 fully saturated rings. The molecule has 144 valence electrons. The number of carbonyl (C=O) groups is 2. The summed E-state index contributed by atoms with van der Waals surface area (Å²) in [5, 5.41) is 2.82. The molecule has 1 aromatic rings. The van der Waals surface area contributed by atoms with Crippen LogP contribution in [-0.2, 0) is 16.0 Å². The van der Waals surface area contributed by atoms with Crippen molar-refractivity contribution in [2.45, 2.75) is 39.2 Å². The number of carbonyl (C=O) groups excluding carboxylic acids is 2. The van der Waals surface area contributed by atoms with Crippen molar-refractivity contribution < 1.29 is 9.59 Å². The Bertz CT molecular complexity index is 808. The van der Waals surface area contributed by atoms with Gasteiger partial charge in [0.05, 0.1) is 0 Å². The van der Waals surface area contributed by atoms with E-state index >= 15 is 0 Å². The Hall–Kier alpha value is -1.92. The molecule has 7 heteroatoms. The monoisotopic (exact) mass is 405 g/mol. The number of nitrogens with zero attached hydrogens (tertiary/aromatic N) is 2. The third kappa shape index (κ3) is 4.01. The predicted octanol–water partition coefficient (Wildman–Crippen LogP) is 3.10. The zero-order valence-corrected chi connectivity index (χ0v) is 17.2. The van der Waals surface area contributed by atoms with Gasteiger partial charge < -0.3 is 4.90 Å². The summed E-state index contributed by atoms with van der Waals surface area (Å²) >= 11 is 11.0. The number of hydrogen-bond donors (Lipinski definition) is 1. The number of amides is 2. The number of anilines is 1. The largest absolute Gasteiger partial charge is 0.371 e. The molecule has 2 aliphatic rings. The molecule has 27 heavy (non-hydrogen) atoms. The van der Waals surface area contributed by atoms with E-state index < -0.39 is 5.91 Å². The molecule has 0 bridgehead atoms. The summed E-state index contributed by atoms with van der Waals surface area (Å²) in [5.41, 5.74) is 3.42. The van der Waals surface area contributed by atoms with E-state index in [1.165, 1.54) is 16.2 Å². The van der Waals surface area contributed by atoms with Crippen molar-refractivity contribution in [1.29, 1.82) is 0 Å². The molecule has 1 saturated heterocycles. The molecule has 1 atom stereocenters. The second-order valence-electron chi connectivity index (χ2n) is 6.92. The molecule has 2 heterocycles. The van der Waals surface area contributed by atoms with E-state index in [0.29, 0.717) is 5.88 Å². The number of rotatable bonds is 6. The molecule has 2 amide bonds. The zero-order valence-electron chi connectivity index (χ0n) is 15.6. The topological polar surface area (TPSA) is 52.7 Å². The number of halogens is 1. The van der Waals surface area contributed by atoms with Crippen molar-refractivity contribution in [3.05, 3.63) is 34.9 Å². The van der Waals surface area contributed by atoms with Gasteiger partial charge in [-0.3, -0.25) is 19.8 Å². The van der Waals surface area contributed by atoms with Crippen molar-refractivity contribution in [3.63, 3.8) is 0 Å². The molecule has 0 aromatic heterocycles. The maximum Gasteiger partial charge on any atom is 0.265 e. The smallest absolute Gasteiger partial charge is 0.265 e. The first-order valence-electron chi connectivity index (χ1n) is 9.30. The van der Waals surface area contributed by atoms with Crippen molar-refractivity contribution >= 4 is 52.5 Å². The Labute approximate surface area is 170 Å². The van der Waals surface area contributed by atoms with Crippen LogP contribution in [0, 0.1) is 0 Å². The third-order valence-electron chi connectivity index (χ3n) is 5.13. The second-order valence-corrected chi connectivity index (χ2v) is 7.68. The van der Waals surface area contributed by atoms with Gasteiger partial charge in [-0.25, -0.2) is 0 Å². The van der Waals surface area contributed by atoms with Gasteiger partial charge in [-0.2, -0.15) is 0 Å². The highest BCUT2D eigenvalue weighted by atomic mass is 35.5. The number of alkyl halides is 1. The van der Waals surface area contributed by atoms with Crippen LogP contribution in [0.25, 0.3) is 6.08 Å². The molecule has 1 N–H and O–H groups in total. The average molecular weight is 406 g/mol. The number of hydrogen-bond acceptors (Lipinski definition) is 4. The van der Waals surface area contributed by atoms with Gasteiger partial charge >= 0.3 is 0 Å². The van der Waals surface area contributed by atoms with Gasteiger partial charge in [0.1, 0.15) is 5.57 Å². The second kappa shape index (κ2) is 8.40.